The molecule has 2 aromatic rings. The van der Waals surface area contributed by atoms with E-state index in [4.69, 9.17) is 16.3 Å². The highest BCUT2D eigenvalue weighted by atomic mass is 79.9. The van der Waals surface area contributed by atoms with Gasteiger partial charge in [0.15, 0.2) is 6.61 Å². The summed E-state index contributed by atoms with van der Waals surface area (Å²) in [7, 11) is 0. The lowest BCUT2D eigenvalue weighted by atomic mass is 10.2. The molecule has 8 heteroatoms. The van der Waals surface area contributed by atoms with Crippen LogP contribution in [0.5, 0.6) is 0 Å². The molecule has 6 nitrogen and oxygen atoms in total. The number of hydrogen-bond donors (Lipinski definition) is 2. The lowest BCUT2D eigenvalue weighted by Crippen LogP contribution is -2.22. The van der Waals surface area contributed by atoms with Crippen molar-refractivity contribution in [3.63, 3.8) is 0 Å². The lowest BCUT2D eigenvalue weighted by molar-refractivity contribution is -0.147. The van der Waals surface area contributed by atoms with Crippen LogP contribution in [0.2, 0.25) is 5.02 Å². The fourth-order valence-corrected chi connectivity index (χ4v) is 2.95. The maximum absolute atomic E-state index is 12.0. The zero-order valence-electron chi connectivity index (χ0n) is 15.5. The van der Waals surface area contributed by atoms with Gasteiger partial charge in [-0.05, 0) is 65.2 Å². The molecule has 0 saturated heterocycles. The molecular formula is C20H20BrClN2O4. The van der Waals surface area contributed by atoms with Crippen LogP contribution < -0.4 is 10.6 Å². The molecule has 148 valence electrons. The van der Waals surface area contributed by atoms with Crippen molar-refractivity contribution in [2.45, 2.75) is 26.7 Å². The van der Waals surface area contributed by atoms with Crippen molar-refractivity contribution >= 4 is 56.7 Å². The van der Waals surface area contributed by atoms with E-state index in [2.05, 4.69) is 26.6 Å². The predicted molar refractivity (Wildman–Crippen MR) is 113 cm³/mol. The summed E-state index contributed by atoms with van der Waals surface area (Å²) in [4.78, 5) is 35.6. The number of hydrogen-bond acceptors (Lipinski definition) is 4. The van der Waals surface area contributed by atoms with E-state index in [9.17, 15) is 14.4 Å². The molecule has 0 heterocycles. The highest BCUT2D eigenvalue weighted by Crippen LogP contribution is 2.30. The van der Waals surface area contributed by atoms with Gasteiger partial charge in [0.25, 0.3) is 5.91 Å². The Labute approximate surface area is 176 Å². The smallest absolute Gasteiger partial charge is 0.306 e. The van der Waals surface area contributed by atoms with Crippen LogP contribution in [-0.4, -0.2) is 24.4 Å². The number of anilines is 2. The molecule has 0 radical (unpaired) electrons. The SMILES string of the molecule is Cc1cccc(NC(=O)CCC(=O)OCC(=O)Nc2ccc(Br)c(Cl)c2C)c1. The molecule has 2 amide bonds. The summed E-state index contributed by atoms with van der Waals surface area (Å²) in [6, 6.07) is 10.8. The minimum Gasteiger partial charge on any atom is -0.456 e. The van der Waals surface area contributed by atoms with Crippen LogP contribution in [-0.2, 0) is 19.1 Å². The topological polar surface area (TPSA) is 84.5 Å². The zero-order valence-corrected chi connectivity index (χ0v) is 17.8. The summed E-state index contributed by atoms with van der Waals surface area (Å²) in [5, 5.41) is 5.84. The number of nitrogens with one attached hydrogen (secondary N) is 2. The van der Waals surface area contributed by atoms with Crippen molar-refractivity contribution < 1.29 is 19.1 Å². The van der Waals surface area contributed by atoms with Crippen LogP contribution in [0.4, 0.5) is 11.4 Å². The minimum atomic E-state index is -0.625. The van der Waals surface area contributed by atoms with Gasteiger partial charge in [0, 0.05) is 22.3 Å². The van der Waals surface area contributed by atoms with Crippen molar-refractivity contribution in [1.82, 2.24) is 0 Å². The Balaban J connectivity index is 1.74. The van der Waals surface area contributed by atoms with Gasteiger partial charge in [-0.1, -0.05) is 23.7 Å². The largest absolute Gasteiger partial charge is 0.456 e. The summed E-state index contributed by atoms with van der Waals surface area (Å²) in [5.74, 6) is -1.41. The highest BCUT2D eigenvalue weighted by Gasteiger charge is 2.13. The molecular weight excluding hydrogens is 448 g/mol. The second-order valence-electron chi connectivity index (χ2n) is 6.16. The molecule has 28 heavy (non-hydrogen) atoms. The van der Waals surface area contributed by atoms with Crippen molar-refractivity contribution in [3.8, 4) is 0 Å². The second kappa shape index (κ2) is 10.2. The third-order valence-corrected chi connectivity index (χ3v) is 5.21. The summed E-state index contributed by atoms with van der Waals surface area (Å²) in [5.41, 5.74) is 2.92. The van der Waals surface area contributed by atoms with Crippen LogP contribution >= 0.6 is 27.5 Å². The van der Waals surface area contributed by atoms with E-state index < -0.39 is 18.5 Å². The van der Waals surface area contributed by atoms with Gasteiger partial charge in [0.05, 0.1) is 11.4 Å². The Morgan fingerprint density at radius 1 is 1.04 bits per heavy atom. The van der Waals surface area contributed by atoms with Gasteiger partial charge in [-0.2, -0.15) is 0 Å². The van der Waals surface area contributed by atoms with Crippen LogP contribution in [0.1, 0.15) is 24.0 Å². The van der Waals surface area contributed by atoms with E-state index in [1.54, 1.807) is 25.1 Å². The molecule has 0 saturated carbocycles. The molecule has 0 aliphatic carbocycles. The first kappa shape index (κ1) is 21.9. The van der Waals surface area contributed by atoms with Gasteiger partial charge in [0.1, 0.15) is 0 Å². The first-order valence-electron chi connectivity index (χ1n) is 8.53. The summed E-state index contributed by atoms with van der Waals surface area (Å²) in [6.07, 6.45) is -0.149. The summed E-state index contributed by atoms with van der Waals surface area (Å²) < 4.78 is 5.64. The predicted octanol–water partition coefficient (Wildman–Crippen LogP) is 4.62. The van der Waals surface area contributed by atoms with E-state index in [-0.39, 0.29) is 18.7 Å². The Hall–Kier alpha value is -2.38. The molecule has 0 bridgehead atoms. The van der Waals surface area contributed by atoms with Crippen molar-refractivity contribution in [2.75, 3.05) is 17.2 Å². The van der Waals surface area contributed by atoms with Crippen LogP contribution in [0.15, 0.2) is 40.9 Å². The molecule has 0 spiro atoms. The van der Waals surface area contributed by atoms with Crippen molar-refractivity contribution in [2.24, 2.45) is 0 Å². The third-order valence-electron chi connectivity index (χ3n) is 3.84. The Morgan fingerprint density at radius 2 is 1.79 bits per heavy atom. The van der Waals surface area contributed by atoms with Gasteiger partial charge in [0.2, 0.25) is 5.91 Å². The Kier molecular flexibility index (Phi) is 8.02. The number of ether oxygens (including phenoxy) is 1. The molecule has 0 aromatic heterocycles. The van der Waals surface area contributed by atoms with Crippen molar-refractivity contribution in [3.05, 3.63) is 57.0 Å². The maximum Gasteiger partial charge on any atom is 0.306 e. The van der Waals surface area contributed by atoms with Gasteiger partial charge in [-0.15, -0.1) is 0 Å². The number of benzene rings is 2. The third kappa shape index (κ3) is 6.65. The first-order chi connectivity index (χ1) is 13.3. The summed E-state index contributed by atoms with van der Waals surface area (Å²) >= 11 is 9.41. The van der Waals surface area contributed by atoms with E-state index in [0.29, 0.717) is 22.0 Å². The van der Waals surface area contributed by atoms with Crippen LogP contribution in [0.3, 0.4) is 0 Å². The van der Waals surface area contributed by atoms with Gasteiger partial charge < -0.3 is 15.4 Å². The number of halogens is 2. The second-order valence-corrected chi connectivity index (χ2v) is 7.39. The van der Waals surface area contributed by atoms with Crippen LogP contribution in [0.25, 0.3) is 0 Å². The fraction of sp³-hybridized carbons (Fsp3) is 0.250. The average molecular weight is 468 g/mol. The van der Waals surface area contributed by atoms with Crippen molar-refractivity contribution in [1.29, 1.82) is 0 Å². The molecule has 2 N–H and O–H groups in total. The van der Waals surface area contributed by atoms with Crippen LogP contribution in [0, 0.1) is 13.8 Å². The fourth-order valence-electron chi connectivity index (χ4n) is 2.35. The lowest BCUT2D eigenvalue weighted by Gasteiger charge is -2.11. The monoisotopic (exact) mass is 466 g/mol. The maximum atomic E-state index is 12.0. The molecule has 0 unspecified atom stereocenters. The van der Waals surface area contributed by atoms with E-state index in [1.807, 2.05) is 25.1 Å². The molecule has 2 aromatic carbocycles. The van der Waals surface area contributed by atoms with Gasteiger partial charge in [-0.25, -0.2) is 0 Å². The average Bonchev–Trinajstić information content (AvgIpc) is 2.65. The number of aryl methyl sites for hydroxylation is 1. The van der Waals surface area contributed by atoms with Gasteiger partial charge >= 0.3 is 5.97 Å². The van der Waals surface area contributed by atoms with E-state index in [0.717, 1.165) is 10.0 Å². The molecule has 0 aliphatic heterocycles. The Bertz CT molecular complexity index is 902. The molecule has 0 atom stereocenters. The first-order valence-corrected chi connectivity index (χ1v) is 9.70. The molecule has 2 rings (SSSR count). The highest BCUT2D eigenvalue weighted by molar-refractivity contribution is 9.10. The Morgan fingerprint density at radius 3 is 2.50 bits per heavy atom. The number of carbonyl (C=O) groups is 3. The van der Waals surface area contributed by atoms with Gasteiger partial charge in [-0.3, -0.25) is 14.4 Å². The quantitative estimate of drug-likeness (QED) is 0.582. The number of carbonyl (C=O) groups excluding carboxylic acids is 3. The molecule has 0 aliphatic rings. The van der Waals surface area contributed by atoms with E-state index >= 15 is 0 Å². The normalized spacial score (nSPS) is 10.3. The standard InChI is InChI=1S/C20H20BrClN2O4/c1-12-4-3-5-14(10-12)23-17(25)8-9-19(27)28-11-18(26)24-16-7-6-15(21)20(22)13(16)2/h3-7,10H,8-9,11H2,1-2H3,(H,23,25)(H,24,26). The number of esters is 1. The zero-order chi connectivity index (χ0) is 20.7. The number of amides is 2. The summed E-state index contributed by atoms with van der Waals surface area (Å²) in [6.45, 7) is 3.24. The number of rotatable bonds is 7. The molecule has 0 fully saturated rings. The van der Waals surface area contributed by atoms with E-state index in [1.165, 1.54) is 0 Å². The minimum absolute atomic E-state index is 0.0319.